The van der Waals surface area contributed by atoms with Crippen LogP contribution in [0.2, 0.25) is 0 Å². The van der Waals surface area contributed by atoms with Crippen molar-refractivity contribution in [3.63, 3.8) is 0 Å². The van der Waals surface area contributed by atoms with Crippen LogP contribution >= 0.6 is 11.3 Å². The molecule has 0 amide bonds. The summed E-state index contributed by atoms with van der Waals surface area (Å²) in [6.07, 6.45) is 3.44. The first-order valence-corrected chi connectivity index (χ1v) is 13.6. The molecule has 2 aromatic carbocycles. The summed E-state index contributed by atoms with van der Waals surface area (Å²) in [6, 6.07) is 16.6. The predicted octanol–water partition coefficient (Wildman–Crippen LogP) is 4.73. The van der Waals surface area contributed by atoms with Crippen molar-refractivity contribution in [2.45, 2.75) is 12.5 Å². The number of hydrogen-bond donors (Lipinski definition) is 0. The Morgan fingerprint density at radius 1 is 1.06 bits per heavy atom. The van der Waals surface area contributed by atoms with Crippen molar-refractivity contribution in [2.75, 3.05) is 20.5 Å². The maximum absolute atomic E-state index is 12.9. The number of ether oxygens (including phenoxy) is 2. The number of hydrogen-bond acceptors (Lipinski definition) is 7. The number of methoxy groups -OCH3 is 2. The standard InChI is InChI=1S/C25H24N4O4S2/c1-32-19-9-10-20(24(13-19)33-2)22-14-23(29(26-22)35(3,30)31)21-15-28(18-7-5-4-6-8-18)27-25(21)17-11-12-34-16-17/h4-13,15-16,23H,14H2,1-3H3/t23-/m0/s1. The van der Waals surface area contributed by atoms with E-state index in [0.29, 0.717) is 23.6 Å². The van der Waals surface area contributed by atoms with Crippen LogP contribution in [-0.4, -0.2) is 48.8 Å². The second kappa shape index (κ2) is 9.20. The smallest absolute Gasteiger partial charge is 0.247 e. The lowest BCUT2D eigenvalue weighted by Crippen LogP contribution is -2.26. The zero-order valence-corrected chi connectivity index (χ0v) is 21.1. The highest BCUT2D eigenvalue weighted by Gasteiger charge is 2.38. The van der Waals surface area contributed by atoms with Crippen molar-refractivity contribution in [3.05, 3.63) is 82.7 Å². The molecule has 0 bridgehead atoms. The summed E-state index contributed by atoms with van der Waals surface area (Å²) in [5.74, 6) is 1.21. The van der Waals surface area contributed by atoms with E-state index in [2.05, 4.69) is 5.10 Å². The fraction of sp³-hybridized carbons (Fsp3) is 0.200. The molecule has 1 atom stereocenters. The molecule has 10 heteroatoms. The molecule has 0 saturated heterocycles. The Kier molecular flexibility index (Phi) is 6.08. The van der Waals surface area contributed by atoms with E-state index in [-0.39, 0.29) is 0 Å². The molecule has 1 aliphatic heterocycles. The van der Waals surface area contributed by atoms with Crippen LogP contribution in [0.3, 0.4) is 0 Å². The summed E-state index contributed by atoms with van der Waals surface area (Å²) in [4.78, 5) is 0. The molecule has 2 aromatic heterocycles. The predicted molar refractivity (Wildman–Crippen MR) is 137 cm³/mol. The van der Waals surface area contributed by atoms with Crippen LogP contribution in [0.15, 0.2) is 76.7 Å². The number of rotatable bonds is 7. The third-order valence-corrected chi connectivity index (χ3v) is 7.55. The largest absolute Gasteiger partial charge is 0.497 e. The van der Waals surface area contributed by atoms with E-state index in [1.807, 2.05) is 65.5 Å². The van der Waals surface area contributed by atoms with Gasteiger partial charge < -0.3 is 9.47 Å². The van der Waals surface area contributed by atoms with E-state index in [9.17, 15) is 8.42 Å². The lowest BCUT2D eigenvalue weighted by molar-refractivity contribution is 0.375. The van der Waals surface area contributed by atoms with Gasteiger partial charge in [0.05, 0.1) is 43.6 Å². The number of sulfonamides is 1. The van der Waals surface area contributed by atoms with E-state index in [1.165, 1.54) is 10.7 Å². The van der Waals surface area contributed by atoms with E-state index in [1.54, 1.807) is 36.3 Å². The minimum Gasteiger partial charge on any atom is -0.497 e. The molecule has 0 fully saturated rings. The average Bonchev–Trinajstić information content (AvgIpc) is 3.62. The van der Waals surface area contributed by atoms with Crippen LogP contribution in [0.5, 0.6) is 11.5 Å². The Balaban J connectivity index is 1.63. The van der Waals surface area contributed by atoms with Gasteiger partial charge in [0, 0.05) is 40.8 Å². The summed E-state index contributed by atoms with van der Waals surface area (Å²) in [5, 5.41) is 13.4. The molecule has 0 spiro atoms. The minimum atomic E-state index is -3.67. The second-order valence-corrected chi connectivity index (χ2v) is 10.7. The van der Waals surface area contributed by atoms with E-state index < -0.39 is 16.1 Å². The van der Waals surface area contributed by atoms with Gasteiger partial charge in [-0.15, -0.1) is 0 Å². The number of nitrogens with zero attached hydrogens (tertiary/aromatic N) is 4. The van der Waals surface area contributed by atoms with E-state index >= 15 is 0 Å². The maximum atomic E-state index is 12.9. The summed E-state index contributed by atoms with van der Waals surface area (Å²) in [7, 11) is -0.518. The summed E-state index contributed by atoms with van der Waals surface area (Å²) in [6.45, 7) is 0. The van der Waals surface area contributed by atoms with Crippen LogP contribution in [0.4, 0.5) is 0 Å². The minimum absolute atomic E-state index is 0.368. The molecule has 0 radical (unpaired) electrons. The van der Waals surface area contributed by atoms with Gasteiger partial charge in [-0.05, 0) is 35.7 Å². The first-order valence-electron chi connectivity index (χ1n) is 10.9. The Hall–Kier alpha value is -3.63. The number of benzene rings is 2. The third-order valence-electron chi connectivity index (χ3n) is 5.85. The number of thiophene rings is 1. The highest BCUT2D eigenvalue weighted by Crippen LogP contribution is 2.41. The van der Waals surface area contributed by atoms with Crippen molar-refractivity contribution < 1.29 is 17.9 Å². The summed E-state index contributed by atoms with van der Waals surface area (Å²) < 4.78 is 39.6. The molecular formula is C25H24N4O4S2. The molecule has 0 unspecified atom stereocenters. The van der Waals surface area contributed by atoms with Crippen molar-refractivity contribution in [3.8, 4) is 28.4 Å². The molecule has 0 aliphatic carbocycles. The first kappa shape index (κ1) is 23.1. The van der Waals surface area contributed by atoms with Gasteiger partial charge in [-0.25, -0.2) is 13.1 Å². The Bertz CT molecular complexity index is 1480. The zero-order chi connectivity index (χ0) is 24.6. The van der Waals surface area contributed by atoms with Crippen molar-refractivity contribution >= 4 is 27.1 Å². The molecule has 5 rings (SSSR count). The quantitative estimate of drug-likeness (QED) is 0.360. The topological polar surface area (TPSA) is 86.0 Å². The highest BCUT2D eigenvalue weighted by molar-refractivity contribution is 7.88. The van der Waals surface area contributed by atoms with Crippen LogP contribution in [0.25, 0.3) is 16.9 Å². The van der Waals surface area contributed by atoms with Gasteiger partial charge in [0.2, 0.25) is 10.0 Å². The first-order chi connectivity index (χ1) is 16.9. The summed E-state index contributed by atoms with van der Waals surface area (Å²) >= 11 is 1.56. The fourth-order valence-corrected chi connectivity index (χ4v) is 5.73. The van der Waals surface area contributed by atoms with Gasteiger partial charge in [-0.3, -0.25) is 0 Å². The van der Waals surface area contributed by atoms with Gasteiger partial charge in [0.1, 0.15) is 11.5 Å². The van der Waals surface area contributed by atoms with E-state index in [4.69, 9.17) is 14.6 Å². The molecule has 3 heterocycles. The molecule has 35 heavy (non-hydrogen) atoms. The third kappa shape index (κ3) is 4.42. The van der Waals surface area contributed by atoms with Crippen LogP contribution in [0.1, 0.15) is 23.6 Å². The molecule has 4 aromatic rings. The Morgan fingerprint density at radius 3 is 2.51 bits per heavy atom. The molecule has 8 nitrogen and oxygen atoms in total. The lowest BCUT2D eigenvalue weighted by Gasteiger charge is -2.21. The van der Waals surface area contributed by atoms with Gasteiger partial charge in [0.15, 0.2) is 0 Å². The number of aromatic nitrogens is 2. The van der Waals surface area contributed by atoms with Gasteiger partial charge in [-0.1, -0.05) is 18.2 Å². The van der Waals surface area contributed by atoms with Crippen molar-refractivity contribution in [1.82, 2.24) is 14.2 Å². The Labute approximate surface area is 208 Å². The maximum Gasteiger partial charge on any atom is 0.247 e. The molecular weight excluding hydrogens is 484 g/mol. The zero-order valence-electron chi connectivity index (χ0n) is 19.5. The summed E-state index contributed by atoms with van der Waals surface area (Å²) in [5.41, 5.74) is 4.66. The lowest BCUT2D eigenvalue weighted by atomic mass is 9.97. The van der Waals surface area contributed by atoms with Crippen LogP contribution in [0, 0.1) is 0 Å². The molecule has 0 N–H and O–H groups in total. The van der Waals surface area contributed by atoms with E-state index in [0.717, 1.165) is 28.1 Å². The second-order valence-electron chi connectivity index (χ2n) is 8.09. The monoisotopic (exact) mass is 508 g/mol. The normalized spacial score (nSPS) is 15.8. The number of hydrazone groups is 1. The SMILES string of the molecule is COc1ccc(C2=NN(S(C)(=O)=O)[C@H](c3cn(-c4ccccc4)nc3-c3ccsc3)C2)c(OC)c1. The highest BCUT2D eigenvalue weighted by atomic mass is 32.2. The van der Waals surface area contributed by atoms with Crippen LogP contribution in [-0.2, 0) is 10.0 Å². The number of para-hydroxylation sites is 1. The van der Waals surface area contributed by atoms with Crippen molar-refractivity contribution in [1.29, 1.82) is 0 Å². The van der Waals surface area contributed by atoms with Gasteiger partial charge >= 0.3 is 0 Å². The molecule has 1 aliphatic rings. The average molecular weight is 509 g/mol. The van der Waals surface area contributed by atoms with Gasteiger partial charge in [0.25, 0.3) is 0 Å². The fourth-order valence-electron chi connectivity index (χ4n) is 4.19. The molecule has 180 valence electrons. The van der Waals surface area contributed by atoms with Crippen LogP contribution < -0.4 is 9.47 Å². The van der Waals surface area contributed by atoms with Gasteiger partial charge in [-0.2, -0.15) is 26.0 Å². The molecule has 0 saturated carbocycles. The Morgan fingerprint density at radius 2 is 1.86 bits per heavy atom. The van der Waals surface area contributed by atoms with Crippen molar-refractivity contribution in [2.24, 2.45) is 5.10 Å².